The number of amides is 1. The maximum atomic E-state index is 12.6. The molecule has 4 rings (SSSR count). The minimum Gasteiger partial charge on any atom is -0.493 e. The number of hydrogen-bond donors (Lipinski definition) is 1. The molecule has 2 heterocycles. The largest absolute Gasteiger partial charge is 0.493 e. The van der Waals surface area contributed by atoms with Gasteiger partial charge in [-0.3, -0.25) is 9.78 Å². The molecule has 0 bridgehead atoms. The van der Waals surface area contributed by atoms with E-state index in [2.05, 4.69) is 15.3 Å². The standard InChI is InChI=1S/C25H23N3O3S/c1-2-30-23-12-4-3-11-22(23)25-28-20(17-32-25)15-24(29)27-18-9-7-10-21(14-18)31-16-19-8-5-6-13-26-19/h3-14,17H,2,15-16H2,1H3,(H,27,29). The van der Waals surface area contributed by atoms with Gasteiger partial charge >= 0.3 is 0 Å². The SMILES string of the molecule is CCOc1ccccc1-c1nc(CC(=O)Nc2cccc(OCc3ccccn3)c2)cs1. The molecular formula is C25H23N3O3S. The van der Waals surface area contributed by atoms with Gasteiger partial charge in [0, 0.05) is 23.3 Å². The van der Waals surface area contributed by atoms with Crippen molar-refractivity contribution >= 4 is 22.9 Å². The van der Waals surface area contributed by atoms with E-state index in [1.54, 1.807) is 12.3 Å². The summed E-state index contributed by atoms with van der Waals surface area (Å²) in [6, 6.07) is 20.8. The molecule has 0 spiro atoms. The monoisotopic (exact) mass is 445 g/mol. The van der Waals surface area contributed by atoms with Crippen LogP contribution in [0.15, 0.2) is 78.3 Å². The number of aromatic nitrogens is 2. The molecule has 0 aliphatic heterocycles. The molecule has 6 nitrogen and oxygen atoms in total. The molecule has 0 fully saturated rings. The van der Waals surface area contributed by atoms with Crippen LogP contribution in [0.1, 0.15) is 18.3 Å². The highest BCUT2D eigenvalue weighted by molar-refractivity contribution is 7.13. The number of hydrogen-bond acceptors (Lipinski definition) is 6. The van der Waals surface area contributed by atoms with E-state index in [4.69, 9.17) is 9.47 Å². The van der Waals surface area contributed by atoms with E-state index in [0.29, 0.717) is 24.7 Å². The van der Waals surface area contributed by atoms with Gasteiger partial charge in [-0.05, 0) is 43.3 Å². The predicted molar refractivity (Wildman–Crippen MR) is 126 cm³/mol. The summed E-state index contributed by atoms with van der Waals surface area (Å²) in [5.74, 6) is 1.32. The number of carbonyl (C=O) groups is 1. The molecule has 162 valence electrons. The van der Waals surface area contributed by atoms with Crippen LogP contribution in [0.25, 0.3) is 10.6 Å². The van der Waals surface area contributed by atoms with E-state index in [0.717, 1.165) is 27.7 Å². The Hall–Kier alpha value is -3.71. The lowest BCUT2D eigenvalue weighted by Crippen LogP contribution is -2.14. The van der Waals surface area contributed by atoms with E-state index in [9.17, 15) is 4.79 Å². The maximum Gasteiger partial charge on any atom is 0.230 e. The summed E-state index contributed by atoms with van der Waals surface area (Å²) >= 11 is 1.50. The van der Waals surface area contributed by atoms with Crippen molar-refractivity contribution in [2.24, 2.45) is 0 Å². The molecule has 0 aliphatic rings. The highest BCUT2D eigenvalue weighted by Crippen LogP contribution is 2.32. The fourth-order valence-electron chi connectivity index (χ4n) is 3.11. The molecule has 0 saturated carbocycles. The second-order valence-corrected chi connectivity index (χ2v) is 7.79. The fourth-order valence-corrected chi connectivity index (χ4v) is 3.96. The van der Waals surface area contributed by atoms with E-state index in [1.165, 1.54) is 11.3 Å². The molecule has 7 heteroatoms. The van der Waals surface area contributed by atoms with Gasteiger partial charge < -0.3 is 14.8 Å². The van der Waals surface area contributed by atoms with E-state index < -0.39 is 0 Å². The summed E-state index contributed by atoms with van der Waals surface area (Å²) in [4.78, 5) is 21.4. The first kappa shape index (κ1) is 21.5. The molecule has 0 unspecified atom stereocenters. The van der Waals surface area contributed by atoms with Gasteiger partial charge in [-0.15, -0.1) is 11.3 Å². The molecule has 1 amide bonds. The molecule has 2 aromatic heterocycles. The minimum atomic E-state index is -0.137. The van der Waals surface area contributed by atoms with Gasteiger partial charge in [-0.1, -0.05) is 24.3 Å². The van der Waals surface area contributed by atoms with Crippen molar-refractivity contribution in [1.82, 2.24) is 9.97 Å². The first-order chi connectivity index (χ1) is 15.7. The Balaban J connectivity index is 1.36. The molecule has 4 aromatic rings. The van der Waals surface area contributed by atoms with Gasteiger partial charge in [0.05, 0.1) is 30.0 Å². The third-order valence-electron chi connectivity index (χ3n) is 4.54. The zero-order valence-electron chi connectivity index (χ0n) is 17.7. The van der Waals surface area contributed by atoms with Gasteiger partial charge in [0.1, 0.15) is 23.1 Å². The van der Waals surface area contributed by atoms with Crippen molar-refractivity contribution < 1.29 is 14.3 Å². The fraction of sp³-hybridized carbons (Fsp3) is 0.160. The third kappa shape index (κ3) is 5.70. The lowest BCUT2D eigenvalue weighted by Gasteiger charge is -2.09. The van der Waals surface area contributed by atoms with E-state index in [-0.39, 0.29) is 12.3 Å². The molecule has 1 N–H and O–H groups in total. The quantitative estimate of drug-likeness (QED) is 0.375. The van der Waals surface area contributed by atoms with Gasteiger partial charge in [-0.25, -0.2) is 4.98 Å². The Labute approximate surface area is 190 Å². The Morgan fingerprint density at radius 1 is 1.00 bits per heavy atom. The van der Waals surface area contributed by atoms with Gasteiger partial charge in [-0.2, -0.15) is 0 Å². The van der Waals surface area contributed by atoms with Crippen molar-refractivity contribution in [1.29, 1.82) is 0 Å². The topological polar surface area (TPSA) is 73.3 Å². The molecular weight excluding hydrogens is 422 g/mol. The average molecular weight is 446 g/mol. The number of benzene rings is 2. The number of rotatable bonds is 9. The lowest BCUT2D eigenvalue weighted by molar-refractivity contribution is -0.115. The van der Waals surface area contributed by atoms with Gasteiger partial charge in [0.25, 0.3) is 0 Å². The second kappa shape index (κ2) is 10.5. The Kier molecular flexibility index (Phi) is 7.09. The number of nitrogens with zero attached hydrogens (tertiary/aromatic N) is 2. The van der Waals surface area contributed by atoms with Crippen molar-refractivity contribution in [3.63, 3.8) is 0 Å². The van der Waals surface area contributed by atoms with Crippen LogP contribution in [-0.2, 0) is 17.8 Å². The predicted octanol–water partition coefficient (Wildman–Crippen LogP) is 5.36. The highest BCUT2D eigenvalue weighted by Gasteiger charge is 2.13. The Morgan fingerprint density at radius 2 is 1.88 bits per heavy atom. The first-order valence-electron chi connectivity index (χ1n) is 10.3. The van der Waals surface area contributed by atoms with Crippen LogP contribution in [0.5, 0.6) is 11.5 Å². The van der Waals surface area contributed by atoms with E-state index >= 15 is 0 Å². The summed E-state index contributed by atoms with van der Waals surface area (Å²) in [6.45, 7) is 2.90. The minimum absolute atomic E-state index is 0.137. The van der Waals surface area contributed by atoms with Crippen molar-refractivity contribution in [3.8, 4) is 22.1 Å². The highest BCUT2D eigenvalue weighted by atomic mass is 32.1. The smallest absolute Gasteiger partial charge is 0.230 e. The van der Waals surface area contributed by atoms with Crippen LogP contribution in [-0.4, -0.2) is 22.5 Å². The molecule has 32 heavy (non-hydrogen) atoms. The molecule has 0 aliphatic carbocycles. The zero-order valence-corrected chi connectivity index (χ0v) is 18.5. The summed E-state index contributed by atoms with van der Waals surface area (Å²) < 4.78 is 11.5. The van der Waals surface area contributed by atoms with Crippen LogP contribution >= 0.6 is 11.3 Å². The van der Waals surface area contributed by atoms with Crippen LogP contribution in [0.3, 0.4) is 0 Å². The summed E-state index contributed by atoms with van der Waals surface area (Å²) in [5.41, 5.74) is 3.16. The van der Waals surface area contributed by atoms with Crippen LogP contribution in [0, 0.1) is 0 Å². The number of anilines is 1. The Bertz CT molecular complexity index is 1180. The second-order valence-electron chi connectivity index (χ2n) is 6.94. The summed E-state index contributed by atoms with van der Waals surface area (Å²) in [7, 11) is 0. The summed E-state index contributed by atoms with van der Waals surface area (Å²) in [5, 5.41) is 5.66. The van der Waals surface area contributed by atoms with Crippen LogP contribution in [0.2, 0.25) is 0 Å². The number of nitrogens with one attached hydrogen (secondary N) is 1. The summed E-state index contributed by atoms with van der Waals surface area (Å²) in [6.07, 6.45) is 1.92. The molecule has 0 atom stereocenters. The number of thiazole rings is 1. The average Bonchev–Trinajstić information content (AvgIpc) is 3.27. The lowest BCUT2D eigenvalue weighted by atomic mass is 10.2. The maximum absolute atomic E-state index is 12.6. The van der Waals surface area contributed by atoms with Crippen molar-refractivity contribution in [2.45, 2.75) is 20.0 Å². The van der Waals surface area contributed by atoms with Crippen molar-refractivity contribution in [2.75, 3.05) is 11.9 Å². The molecule has 0 saturated heterocycles. The first-order valence-corrected chi connectivity index (χ1v) is 11.2. The Morgan fingerprint density at radius 3 is 2.72 bits per heavy atom. The van der Waals surface area contributed by atoms with Crippen LogP contribution in [0.4, 0.5) is 5.69 Å². The number of para-hydroxylation sites is 1. The molecule has 0 radical (unpaired) electrons. The van der Waals surface area contributed by atoms with Gasteiger partial charge in [0.15, 0.2) is 0 Å². The number of carbonyl (C=O) groups excluding carboxylic acids is 1. The third-order valence-corrected chi connectivity index (χ3v) is 5.47. The number of ether oxygens (including phenoxy) is 2. The zero-order chi connectivity index (χ0) is 22.2. The molecule has 2 aromatic carbocycles. The normalized spacial score (nSPS) is 10.5. The van der Waals surface area contributed by atoms with Gasteiger partial charge in [0.2, 0.25) is 5.91 Å². The van der Waals surface area contributed by atoms with E-state index in [1.807, 2.05) is 73.0 Å². The van der Waals surface area contributed by atoms with Crippen molar-refractivity contribution in [3.05, 3.63) is 89.7 Å². The number of pyridine rings is 1. The van der Waals surface area contributed by atoms with Crippen LogP contribution < -0.4 is 14.8 Å².